The molecule has 0 spiro atoms. The summed E-state index contributed by atoms with van der Waals surface area (Å²) in [5.41, 5.74) is 1.00. The average Bonchev–Trinajstić information content (AvgIpc) is 2.49. The molecule has 1 saturated heterocycles. The third-order valence-corrected chi connectivity index (χ3v) is 3.61. The fraction of sp³-hybridized carbons (Fsp3) is 0.429. The summed E-state index contributed by atoms with van der Waals surface area (Å²) in [6.07, 6.45) is 0. The molecule has 1 aliphatic rings. The van der Waals surface area contributed by atoms with Crippen LogP contribution in [0.5, 0.6) is 0 Å². The second-order valence-electron chi connectivity index (χ2n) is 4.49. The number of amides is 1. The second kappa shape index (κ2) is 6.55. The van der Waals surface area contributed by atoms with Gasteiger partial charge in [0, 0.05) is 26.2 Å². The monoisotopic (exact) mass is 277 g/mol. The highest BCUT2D eigenvalue weighted by atomic mass is 35.5. The normalized spacial score (nSPS) is 17.8. The lowest BCUT2D eigenvalue weighted by Crippen LogP contribution is -2.49. The Labute approximate surface area is 118 Å². The number of nitrogens with zero attached hydrogens (tertiary/aromatic N) is 3. The number of nitriles is 1. The van der Waals surface area contributed by atoms with Crippen molar-refractivity contribution in [2.75, 3.05) is 32.1 Å². The van der Waals surface area contributed by atoms with Gasteiger partial charge in [0.2, 0.25) is 5.91 Å². The standard InChI is InChI=1S/C14H16ClN3O/c15-10-14(19)18-8-6-17(7-9-18)13(11-16)12-4-2-1-3-5-12/h1-5,13H,6-10H2. The predicted molar refractivity (Wildman–Crippen MR) is 73.7 cm³/mol. The summed E-state index contributed by atoms with van der Waals surface area (Å²) in [4.78, 5) is 15.4. The van der Waals surface area contributed by atoms with Gasteiger partial charge in [0.05, 0.1) is 6.07 Å². The van der Waals surface area contributed by atoms with Crippen LogP contribution in [-0.2, 0) is 4.79 Å². The maximum absolute atomic E-state index is 11.5. The lowest BCUT2D eigenvalue weighted by molar-refractivity contribution is -0.130. The molecule has 1 amide bonds. The molecule has 0 N–H and O–H groups in total. The summed E-state index contributed by atoms with van der Waals surface area (Å²) in [6, 6.07) is 11.8. The smallest absolute Gasteiger partial charge is 0.237 e. The molecule has 100 valence electrons. The predicted octanol–water partition coefficient (Wildman–Crippen LogP) is 1.63. The average molecular weight is 278 g/mol. The minimum absolute atomic E-state index is 0.0281. The lowest BCUT2D eigenvalue weighted by atomic mass is 10.1. The first-order chi connectivity index (χ1) is 9.26. The van der Waals surface area contributed by atoms with Crippen molar-refractivity contribution in [1.29, 1.82) is 5.26 Å². The first kappa shape index (κ1) is 13.9. The van der Waals surface area contributed by atoms with Crippen molar-refractivity contribution < 1.29 is 4.79 Å². The van der Waals surface area contributed by atoms with Crippen LogP contribution >= 0.6 is 11.6 Å². The molecule has 1 fully saturated rings. The topological polar surface area (TPSA) is 47.3 Å². The number of piperazine rings is 1. The first-order valence-corrected chi connectivity index (χ1v) is 6.82. The molecule has 1 aromatic rings. The number of rotatable bonds is 3. The molecule has 0 bridgehead atoms. The molecule has 5 heteroatoms. The Hall–Kier alpha value is -1.57. The molecule has 2 rings (SSSR count). The van der Waals surface area contributed by atoms with Crippen molar-refractivity contribution in [3.63, 3.8) is 0 Å². The van der Waals surface area contributed by atoms with Gasteiger partial charge < -0.3 is 4.90 Å². The lowest BCUT2D eigenvalue weighted by Gasteiger charge is -2.36. The van der Waals surface area contributed by atoms with Gasteiger partial charge in [-0.2, -0.15) is 5.26 Å². The fourth-order valence-electron chi connectivity index (χ4n) is 2.32. The molecule has 1 heterocycles. The molecule has 0 saturated carbocycles. The van der Waals surface area contributed by atoms with E-state index in [2.05, 4.69) is 11.0 Å². The van der Waals surface area contributed by atoms with E-state index in [1.54, 1.807) is 4.90 Å². The van der Waals surface area contributed by atoms with Crippen LogP contribution in [0.2, 0.25) is 0 Å². The number of hydrogen-bond donors (Lipinski definition) is 0. The summed E-state index contributed by atoms with van der Waals surface area (Å²) in [6.45, 7) is 2.68. The molecule has 1 unspecified atom stereocenters. The Morgan fingerprint density at radius 1 is 1.26 bits per heavy atom. The molecule has 0 radical (unpaired) electrons. The zero-order chi connectivity index (χ0) is 13.7. The third kappa shape index (κ3) is 3.25. The van der Waals surface area contributed by atoms with Gasteiger partial charge in [-0.3, -0.25) is 9.69 Å². The minimum Gasteiger partial charge on any atom is -0.339 e. The van der Waals surface area contributed by atoms with Crippen molar-refractivity contribution in [3.05, 3.63) is 35.9 Å². The van der Waals surface area contributed by atoms with Gasteiger partial charge in [0.1, 0.15) is 11.9 Å². The highest BCUT2D eigenvalue weighted by Gasteiger charge is 2.26. The van der Waals surface area contributed by atoms with Crippen LogP contribution in [0, 0.1) is 11.3 Å². The van der Waals surface area contributed by atoms with E-state index in [1.807, 2.05) is 30.3 Å². The van der Waals surface area contributed by atoms with E-state index in [9.17, 15) is 10.1 Å². The summed E-state index contributed by atoms with van der Waals surface area (Å²) < 4.78 is 0. The van der Waals surface area contributed by atoms with E-state index >= 15 is 0 Å². The maximum atomic E-state index is 11.5. The van der Waals surface area contributed by atoms with Crippen molar-refractivity contribution in [3.8, 4) is 6.07 Å². The molecule has 0 aliphatic carbocycles. The fourth-order valence-corrected chi connectivity index (χ4v) is 2.49. The van der Waals surface area contributed by atoms with Gasteiger partial charge in [-0.1, -0.05) is 30.3 Å². The molecule has 4 nitrogen and oxygen atoms in total. The number of hydrogen-bond acceptors (Lipinski definition) is 3. The Bertz CT molecular complexity index is 463. The highest BCUT2D eigenvalue weighted by Crippen LogP contribution is 2.21. The summed E-state index contributed by atoms with van der Waals surface area (Å²) in [7, 11) is 0. The molecule has 1 aromatic carbocycles. The van der Waals surface area contributed by atoms with Crippen LogP contribution in [0.15, 0.2) is 30.3 Å². The van der Waals surface area contributed by atoms with Crippen LogP contribution < -0.4 is 0 Å². The largest absolute Gasteiger partial charge is 0.339 e. The van der Waals surface area contributed by atoms with Crippen LogP contribution in [0.25, 0.3) is 0 Å². The Balaban J connectivity index is 2.00. The number of halogens is 1. The van der Waals surface area contributed by atoms with Crippen molar-refractivity contribution in [1.82, 2.24) is 9.80 Å². The Morgan fingerprint density at radius 2 is 1.89 bits per heavy atom. The molecular weight excluding hydrogens is 262 g/mol. The van der Waals surface area contributed by atoms with Crippen LogP contribution in [0.3, 0.4) is 0 Å². The number of benzene rings is 1. The number of carbonyl (C=O) groups is 1. The van der Waals surface area contributed by atoms with E-state index in [4.69, 9.17) is 11.6 Å². The van der Waals surface area contributed by atoms with Crippen molar-refractivity contribution >= 4 is 17.5 Å². The highest BCUT2D eigenvalue weighted by molar-refractivity contribution is 6.27. The summed E-state index contributed by atoms with van der Waals surface area (Å²) >= 11 is 5.55. The van der Waals surface area contributed by atoms with Crippen molar-refractivity contribution in [2.45, 2.75) is 6.04 Å². The van der Waals surface area contributed by atoms with Gasteiger partial charge in [0.25, 0.3) is 0 Å². The van der Waals surface area contributed by atoms with Crippen molar-refractivity contribution in [2.24, 2.45) is 0 Å². The van der Waals surface area contributed by atoms with Gasteiger partial charge >= 0.3 is 0 Å². The third-order valence-electron chi connectivity index (χ3n) is 3.38. The quantitative estimate of drug-likeness (QED) is 0.789. The van der Waals surface area contributed by atoms with Gasteiger partial charge in [-0.15, -0.1) is 11.6 Å². The molecule has 19 heavy (non-hydrogen) atoms. The van der Waals surface area contributed by atoms with Crippen LogP contribution in [0.1, 0.15) is 11.6 Å². The first-order valence-electron chi connectivity index (χ1n) is 6.28. The van der Waals surface area contributed by atoms with E-state index in [0.717, 1.165) is 5.56 Å². The van der Waals surface area contributed by atoms with Gasteiger partial charge in [0.15, 0.2) is 0 Å². The zero-order valence-electron chi connectivity index (χ0n) is 10.6. The minimum atomic E-state index is -0.241. The molecule has 1 aliphatic heterocycles. The SMILES string of the molecule is N#CC(c1ccccc1)N1CCN(C(=O)CCl)CC1. The van der Waals surface area contributed by atoms with E-state index in [1.165, 1.54) is 0 Å². The second-order valence-corrected chi connectivity index (χ2v) is 4.76. The molecule has 1 atom stereocenters. The number of alkyl halides is 1. The maximum Gasteiger partial charge on any atom is 0.237 e. The van der Waals surface area contributed by atoms with Gasteiger partial charge in [-0.05, 0) is 5.56 Å². The van der Waals surface area contributed by atoms with Crippen LogP contribution in [-0.4, -0.2) is 47.8 Å². The summed E-state index contributed by atoms with van der Waals surface area (Å²) in [5, 5.41) is 9.36. The van der Waals surface area contributed by atoms with Crippen LogP contribution in [0.4, 0.5) is 0 Å². The molecular formula is C14H16ClN3O. The van der Waals surface area contributed by atoms with E-state index in [-0.39, 0.29) is 17.8 Å². The zero-order valence-corrected chi connectivity index (χ0v) is 11.4. The number of carbonyl (C=O) groups excluding carboxylic acids is 1. The Morgan fingerprint density at radius 3 is 2.42 bits per heavy atom. The van der Waals surface area contributed by atoms with E-state index < -0.39 is 0 Å². The molecule has 0 aromatic heterocycles. The van der Waals surface area contributed by atoms with Gasteiger partial charge in [-0.25, -0.2) is 0 Å². The Kier molecular flexibility index (Phi) is 4.78. The van der Waals surface area contributed by atoms with E-state index in [0.29, 0.717) is 26.2 Å². The summed E-state index contributed by atoms with van der Waals surface area (Å²) in [5.74, 6) is -0.00470.